The number of nitrogen functional groups attached to an aromatic ring is 1. The van der Waals surface area contributed by atoms with E-state index in [-0.39, 0.29) is 11.6 Å². The van der Waals surface area contributed by atoms with E-state index in [1.54, 1.807) is 0 Å². The number of imidazole rings is 1. The second kappa shape index (κ2) is 7.40. The monoisotopic (exact) mass is 373 g/mol. The fourth-order valence-corrected chi connectivity index (χ4v) is 3.49. The molecular formula is C18H23N5O4. The maximum Gasteiger partial charge on any atom is 0.208 e. The summed E-state index contributed by atoms with van der Waals surface area (Å²) in [6, 6.07) is 0. The number of aliphatic hydroxyl groups excluding tert-OH is 3. The van der Waals surface area contributed by atoms with Gasteiger partial charge in [0.05, 0.1) is 12.9 Å². The van der Waals surface area contributed by atoms with Crippen molar-refractivity contribution in [2.75, 3.05) is 12.3 Å². The lowest BCUT2D eigenvalue weighted by molar-refractivity contribution is -0.0511. The Labute approximate surface area is 156 Å². The van der Waals surface area contributed by atoms with Crippen molar-refractivity contribution in [3.8, 4) is 11.8 Å². The van der Waals surface area contributed by atoms with Crippen LogP contribution in [0, 0.1) is 17.8 Å². The van der Waals surface area contributed by atoms with Crippen LogP contribution in [0.4, 0.5) is 5.82 Å². The van der Waals surface area contributed by atoms with E-state index in [0.29, 0.717) is 11.2 Å². The summed E-state index contributed by atoms with van der Waals surface area (Å²) in [4.78, 5) is 12.8. The Morgan fingerprint density at radius 1 is 1.26 bits per heavy atom. The molecule has 4 atom stereocenters. The van der Waals surface area contributed by atoms with E-state index < -0.39 is 31.1 Å². The van der Waals surface area contributed by atoms with Crippen LogP contribution in [0.15, 0.2) is 6.33 Å². The molecule has 4 rings (SSSR count). The molecule has 2 aromatic rings. The normalized spacial score (nSPS) is 28.1. The molecule has 1 saturated heterocycles. The summed E-state index contributed by atoms with van der Waals surface area (Å²) in [6.45, 7) is -0.407. The minimum atomic E-state index is -1.23. The standard InChI is InChI=1S/C18H23N5O4/c19-16-13-17(22-12(21-16)7-2-1-4-10-5-3-6-10)23(9-20-13)18-15(26)14(25)11(8-24)27-18/h9-11,14-15,18,24-26H,1,3-6,8H2,(H2,19,21,22)/t11-,14-,15-,18-/m1/s1. The number of fused-ring (bicyclic) bond motifs is 1. The van der Waals surface area contributed by atoms with E-state index in [1.165, 1.54) is 30.2 Å². The zero-order valence-electron chi connectivity index (χ0n) is 14.8. The molecule has 0 unspecified atom stereocenters. The van der Waals surface area contributed by atoms with Gasteiger partial charge in [0.1, 0.15) is 23.8 Å². The van der Waals surface area contributed by atoms with Crippen LogP contribution in [0.25, 0.3) is 11.2 Å². The third kappa shape index (κ3) is 3.37. The highest BCUT2D eigenvalue weighted by Gasteiger charge is 2.44. The van der Waals surface area contributed by atoms with Crippen LogP contribution in [0.3, 0.4) is 0 Å². The Bertz CT molecular complexity index is 885. The number of nitrogens with two attached hydrogens (primary N) is 1. The highest BCUT2D eigenvalue weighted by atomic mass is 16.6. The van der Waals surface area contributed by atoms with E-state index in [2.05, 4.69) is 26.8 Å². The summed E-state index contributed by atoms with van der Waals surface area (Å²) in [6.07, 6.45) is 2.95. The highest BCUT2D eigenvalue weighted by Crippen LogP contribution is 2.32. The third-order valence-electron chi connectivity index (χ3n) is 5.34. The van der Waals surface area contributed by atoms with Crippen molar-refractivity contribution in [1.82, 2.24) is 19.5 Å². The first-order valence-electron chi connectivity index (χ1n) is 9.20. The lowest BCUT2D eigenvalue weighted by atomic mass is 9.82. The van der Waals surface area contributed by atoms with Crippen LogP contribution in [0.5, 0.6) is 0 Å². The fourth-order valence-electron chi connectivity index (χ4n) is 3.49. The first-order chi connectivity index (χ1) is 13.1. The summed E-state index contributed by atoms with van der Waals surface area (Å²) >= 11 is 0. The molecule has 9 heteroatoms. The maximum absolute atomic E-state index is 10.2. The van der Waals surface area contributed by atoms with Gasteiger partial charge in [-0.1, -0.05) is 25.2 Å². The van der Waals surface area contributed by atoms with Gasteiger partial charge in [0.15, 0.2) is 17.7 Å². The Hall–Kier alpha value is -2.25. The molecule has 0 amide bonds. The summed E-state index contributed by atoms with van der Waals surface area (Å²) in [7, 11) is 0. The van der Waals surface area contributed by atoms with Crippen molar-refractivity contribution in [1.29, 1.82) is 0 Å². The number of nitrogens with zero attached hydrogens (tertiary/aromatic N) is 4. The molecule has 2 aliphatic rings. The van der Waals surface area contributed by atoms with Gasteiger partial charge in [-0.25, -0.2) is 15.0 Å². The minimum Gasteiger partial charge on any atom is -0.394 e. The number of rotatable bonds is 4. The Morgan fingerprint density at radius 3 is 2.74 bits per heavy atom. The summed E-state index contributed by atoms with van der Waals surface area (Å²) in [5.41, 5.74) is 6.71. The molecule has 2 fully saturated rings. The van der Waals surface area contributed by atoms with E-state index >= 15 is 0 Å². The predicted octanol–water partition coefficient (Wildman–Crippen LogP) is -0.0482. The number of ether oxygens (including phenoxy) is 1. The largest absolute Gasteiger partial charge is 0.394 e. The lowest BCUT2D eigenvalue weighted by Gasteiger charge is -2.23. The zero-order chi connectivity index (χ0) is 19.0. The minimum absolute atomic E-state index is 0.189. The van der Waals surface area contributed by atoms with Gasteiger partial charge in [-0.3, -0.25) is 4.57 Å². The van der Waals surface area contributed by atoms with Crippen LogP contribution < -0.4 is 5.73 Å². The molecule has 1 saturated carbocycles. The summed E-state index contributed by atoms with van der Waals surface area (Å²) in [5.74, 6) is 7.30. The molecular weight excluding hydrogens is 350 g/mol. The molecule has 0 spiro atoms. The molecule has 0 aromatic carbocycles. The Morgan fingerprint density at radius 2 is 2.07 bits per heavy atom. The first kappa shape index (κ1) is 18.1. The Balaban J connectivity index is 1.59. The van der Waals surface area contributed by atoms with Gasteiger partial charge in [-0.05, 0) is 18.3 Å². The van der Waals surface area contributed by atoms with Gasteiger partial charge in [0, 0.05) is 6.42 Å². The number of aliphatic hydroxyl groups is 3. The number of anilines is 1. The van der Waals surface area contributed by atoms with E-state index in [9.17, 15) is 15.3 Å². The summed E-state index contributed by atoms with van der Waals surface area (Å²) < 4.78 is 7.03. The van der Waals surface area contributed by atoms with Crippen molar-refractivity contribution in [3.05, 3.63) is 12.2 Å². The van der Waals surface area contributed by atoms with Crippen LogP contribution in [0.2, 0.25) is 0 Å². The molecule has 27 heavy (non-hydrogen) atoms. The quantitative estimate of drug-likeness (QED) is 0.547. The van der Waals surface area contributed by atoms with Crippen LogP contribution in [-0.4, -0.2) is 59.8 Å². The van der Waals surface area contributed by atoms with Crippen LogP contribution in [-0.2, 0) is 4.74 Å². The van der Waals surface area contributed by atoms with Crippen molar-refractivity contribution < 1.29 is 20.1 Å². The van der Waals surface area contributed by atoms with E-state index in [0.717, 1.165) is 18.8 Å². The van der Waals surface area contributed by atoms with E-state index in [4.69, 9.17) is 10.5 Å². The summed E-state index contributed by atoms with van der Waals surface area (Å²) in [5, 5.41) is 29.5. The molecule has 3 heterocycles. The molecule has 0 bridgehead atoms. The number of aromatic nitrogens is 4. The average molecular weight is 373 g/mol. The van der Waals surface area contributed by atoms with E-state index in [1.807, 2.05) is 0 Å². The molecule has 144 valence electrons. The SMILES string of the molecule is Nc1nc(C#CCCC2CCC2)nc2c1ncn2[C@@H]1O[C@H](CO)[C@@H](O)[C@H]1O. The second-order valence-electron chi connectivity index (χ2n) is 7.12. The van der Waals surface area contributed by atoms with Crippen LogP contribution in [0.1, 0.15) is 44.2 Å². The molecule has 1 aliphatic carbocycles. The van der Waals surface area contributed by atoms with Crippen LogP contribution >= 0.6 is 0 Å². The molecule has 9 nitrogen and oxygen atoms in total. The molecule has 5 N–H and O–H groups in total. The number of hydrogen-bond acceptors (Lipinski definition) is 8. The van der Waals surface area contributed by atoms with Gasteiger partial charge >= 0.3 is 0 Å². The van der Waals surface area contributed by atoms with Crippen molar-refractivity contribution in [2.45, 2.75) is 56.6 Å². The lowest BCUT2D eigenvalue weighted by Crippen LogP contribution is -2.33. The van der Waals surface area contributed by atoms with Crippen molar-refractivity contribution in [3.63, 3.8) is 0 Å². The number of hydrogen-bond donors (Lipinski definition) is 4. The first-order valence-corrected chi connectivity index (χ1v) is 9.20. The van der Waals surface area contributed by atoms with Gasteiger partial charge in [-0.15, -0.1) is 0 Å². The van der Waals surface area contributed by atoms with Gasteiger partial charge in [-0.2, -0.15) is 0 Å². The van der Waals surface area contributed by atoms with Gasteiger partial charge in [0.25, 0.3) is 0 Å². The second-order valence-corrected chi connectivity index (χ2v) is 7.12. The topological polar surface area (TPSA) is 140 Å². The average Bonchev–Trinajstić information content (AvgIpc) is 3.15. The highest BCUT2D eigenvalue weighted by molar-refractivity contribution is 5.82. The molecule has 1 aliphatic heterocycles. The zero-order valence-corrected chi connectivity index (χ0v) is 14.8. The predicted molar refractivity (Wildman–Crippen MR) is 96.2 cm³/mol. The fraction of sp³-hybridized carbons (Fsp3) is 0.611. The molecule has 0 radical (unpaired) electrons. The van der Waals surface area contributed by atoms with Crippen molar-refractivity contribution in [2.24, 2.45) is 5.92 Å². The van der Waals surface area contributed by atoms with Gasteiger partial charge in [0.2, 0.25) is 5.82 Å². The van der Waals surface area contributed by atoms with Gasteiger partial charge < -0.3 is 25.8 Å². The Kier molecular flexibility index (Phi) is 4.97. The molecule has 2 aromatic heterocycles. The smallest absolute Gasteiger partial charge is 0.208 e. The maximum atomic E-state index is 10.2. The third-order valence-corrected chi connectivity index (χ3v) is 5.34. The van der Waals surface area contributed by atoms with Crippen molar-refractivity contribution >= 4 is 17.0 Å².